The van der Waals surface area contributed by atoms with E-state index in [0.717, 1.165) is 0 Å². The SMILES string of the molecule is CC(C)C[C@H](N)C(=O)NC(CCO)C(=O)O. The van der Waals surface area contributed by atoms with Crippen molar-refractivity contribution in [3.05, 3.63) is 0 Å². The molecule has 0 saturated heterocycles. The number of hydrogen-bond donors (Lipinski definition) is 4. The van der Waals surface area contributed by atoms with Gasteiger partial charge >= 0.3 is 5.97 Å². The largest absolute Gasteiger partial charge is 0.480 e. The van der Waals surface area contributed by atoms with E-state index in [1.807, 2.05) is 13.8 Å². The summed E-state index contributed by atoms with van der Waals surface area (Å²) >= 11 is 0. The van der Waals surface area contributed by atoms with E-state index in [1.54, 1.807) is 0 Å². The average molecular weight is 232 g/mol. The molecule has 1 amide bonds. The van der Waals surface area contributed by atoms with Crippen LogP contribution in [0.25, 0.3) is 0 Å². The van der Waals surface area contributed by atoms with Gasteiger partial charge in [-0.05, 0) is 12.3 Å². The smallest absolute Gasteiger partial charge is 0.326 e. The van der Waals surface area contributed by atoms with E-state index in [1.165, 1.54) is 0 Å². The Bertz CT molecular complexity index is 243. The predicted molar refractivity (Wildman–Crippen MR) is 58.7 cm³/mol. The number of carbonyl (C=O) groups excluding carboxylic acids is 1. The summed E-state index contributed by atoms with van der Waals surface area (Å²) in [6.07, 6.45) is 0.479. The Balaban J connectivity index is 4.23. The van der Waals surface area contributed by atoms with Crippen molar-refractivity contribution in [2.75, 3.05) is 6.61 Å². The summed E-state index contributed by atoms with van der Waals surface area (Å²) in [5, 5.41) is 19.7. The molecule has 0 spiro atoms. The van der Waals surface area contributed by atoms with Gasteiger partial charge in [0, 0.05) is 13.0 Å². The number of hydrogen-bond acceptors (Lipinski definition) is 4. The number of nitrogens with two attached hydrogens (primary N) is 1. The molecule has 0 aliphatic heterocycles. The third-order valence-electron chi connectivity index (χ3n) is 2.09. The molecule has 2 atom stereocenters. The fourth-order valence-electron chi connectivity index (χ4n) is 1.28. The summed E-state index contributed by atoms with van der Waals surface area (Å²) in [7, 11) is 0. The topological polar surface area (TPSA) is 113 Å². The van der Waals surface area contributed by atoms with Crippen molar-refractivity contribution < 1.29 is 19.8 Å². The molecule has 0 radical (unpaired) electrons. The highest BCUT2D eigenvalue weighted by molar-refractivity contribution is 5.86. The minimum atomic E-state index is -1.17. The minimum Gasteiger partial charge on any atom is -0.480 e. The first-order valence-corrected chi connectivity index (χ1v) is 5.28. The van der Waals surface area contributed by atoms with E-state index in [0.29, 0.717) is 6.42 Å². The summed E-state index contributed by atoms with van der Waals surface area (Å²) in [6, 6.07) is -1.78. The standard InChI is InChI=1S/C10H20N2O4/c1-6(2)5-7(11)9(14)12-8(3-4-13)10(15)16/h6-8,13H,3-5,11H2,1-2H3,(H,12,14)(H,15,16)/t7-,8?/m0/s1. The molecule has 5 N–H and O–H groups in total. The van der Waals surface area contributed by atoms with E-state index in [9.17, 15) is 9.59 Å². The number of nitrogens with one attached hydrogen (secondary N) is 1. The first kappa shape index (κ1) is 14.9. The van der Waals surface area contributed by atoms with Crippen LogP contribution >= 0.6 is 0 Å². The molecule has 0 heterocycles. The molecule has 0 aliphatic carbocycles. The average Bonchev–Trinajstić information content (AvgIpc) is 2.15. The van der Waals surface area contributed by atoms with E-state index >= 15 is 0 Å². The summed E-state index contributed by atoms with van der Waals surface area (Å²) in [5.41, 5.74) is 5.60. The Hall–Kier alpha value is -1.14. The van der Waals surface area contributed by atoms with E-state index in [4.69, 9.17) is 15.9 Å². The molecule has 16 heavy (non-hydrogen) atoms. The van der Waals surface area contributed by atoms with Crippen molar-refractivity contribution in [3.8, 4) is 0 Å². The summed E-state index contributed by atoms with van der Waals surface area (Å²) < 4.78 is 0. The fraction of sp³-hybridized carbons (Fsp3) is 0.800. The summed E-state index contributed by atoms with van der Waals surface area (Å²) in [6.45, 7) is 3.56. The van der Waals surface area contributed by atoms with Gasteiger partial charge in [-0.15, -0.1) is 0 Å². The number of aliphatic hydroxyl groups excluding tert-OH is 1. The van der Waals surface area contributed by atoms with Crippen LogP contribution in [0.4, 0.5) is 0 Å². The van der Waals surface area contributed by atoms with Gasteiger partial charge in [-0.25, -0.2) is 4.79 Å². The zero-order chi connectivity index (χ0) is 12.7. The van der Waals surface area contributed by atoms with Crippen LogP contribution in [0.2, 0.25) is 0 Å². The highest BCUT2D eigenvalue weighted by Crippen LogP contribution is 2.03. The fourth-order valence-corrected chi connectivity index (χ4v) is 1.28. The number of aliphatic carboxylic acids is 1. The first-order valence-electron chi connectivity index (χ1n) is 5.28. The Labute approximate surface area is 94.8 Å². The molecule has 1 unspecified atom stereocenters. The van der Waals surface area contributed by atoms with E-state index in [-0.39, 0.29) is 18.9 Å². The molecule has 0 saturated carbocycles. The van der Waals surface area contributed by atoms with Gasteiger partial charge in [0.1, 0.15) is 6.04 Å². The molecule has 6 heteroatoms. The zero-order valence-electron chi connectivity index (χ0n) is 9.64. The van der Waals surface area contributed by atoms with Crippen LogP contribution in [0.5, 0.6) is 0 Å². The molecule has 94 valence electrons. The van der Waals surface area contributed by atoms with Crippen molar-refractivity contribution in [2.24, 2.45) is 11.7 Å². The van der Waals surface area contributed by atoms with Crippen LogP contribution in [0.15, 0.2) is 0 Å². The second-order valence-corrected chi connectivity index (χ2v) is 4.15. The van der Waals surface area contributed by atoms with E-state index in [2.05, 4.69) is 5.32 Å². The molecule has 0 bridgehead atoms. The van der Waals surface area contributed by atoms with Crippen molar-refractivity contribution >= 4 is 11.9 Å². The lowest BCUT2D eigenvalue weighted by molar-refractivity contribution is -0.142. The lowest BCUT2D eigenvalue weighted by Gasteiger charge is -2.18. The second-order valence-electron chi connectivity index (χ2n) is 4.15. The Kier molecular flexibility index (Phi) is 6.67. The van der Waals surface area contributed by atoms with Crippen LogP contribution in [0, 0.1) is 5.92 Å². The number of carboxylic acid groups (broad SMARTS) is 1. The minimum absolute atomic E-state index is 0.0184. The molecule has 0 aliphatic rings. The third-order valence-corrected chi connectivity index (χ3v) is 2.09. The molecular weight excluding hydrogens is 212 g/mol. The first-order chi connectivity index (χ1) is 7.38. The van der Waals surface area contributed by atoms with Crippen molar-refractivity contribution in [1.82, 2.24) is 5.32 Å². The molecule has 0 aromatic rings. The predicted octanol–water partition coefficient (Wildman–Crippen LogP) is -0.688. The van der Waals surface area contributed by atoms with Crippen LogP contribution in [-0.4, -0.2) is 40.8 Å². The number of carbonyl (C=O) groups is 2. The lowest BCUT2D eigenvalue weighted by Crippen LogP contribution is -2.49. The van der Waals surface area contributed by atoms with Gasteiger partial charge in [-0.1, -0.05) is 13.8 Å². The molecule has 0 aromatic carbocycles. The van der Waals surface area contributed by atoms with Gasteiger partial charge in [0.05, 0.1) is 6.04 Å². The van der Waals surface area contributed by atoms with Gasteiger partial charge in [-0.3, -0.25) is 4.79 Å². The van der Waals surface area contributed by atoms with Crippen LogP contribution in [0.1, 0.15) is 26.7 Å². The Morgan fingerprint density at radius 1 is 1.38 bits per heavy atom. The van der Waals surface area contributed by atoms with Gasteiger partial charge in [0.15, 0.2) is 0 Å². The normalized spacial score (nSPS) is 14.6. The Morgan fingerprint density at radius 2 is 1.94 bits per heavy atom. The maximum absolute atomic E-state index is 11.5. The number of rotatable bonds is 7. The number of carboxylic acids is 1. The number of aliphatic hydroxyl groups is 1. The van der Waals surface area contributed by atoms with Crippen LogP contribution < -0.4 is 11.1 Å². The molecule has 0 rings (SSSR count). The highest BCUT2D eigenvalue weighted by Gasteiger charge is 2.22. The monoisotopic (exact) mass is 232 g/mol. The van der Waals surface area contributed by atoms with Crippen LogP contribution in [0.3, 0.4) is 0 Å². The van der Waals surface area contributed by atoms with Crippen LogP contribution in [-0.2, 0) is 9.59 Å². The lowest BCUT2D eigenvalue weighted by atomic mass is 10.0. The third kappa shape index (κ3) is 5.67. The Morgan fingerprint density at radius 3 is 2.31 bits per heavy atom. The van der Waals surface area contributed by atoms with Gasteiger partial charge in [0.25, 0.3) is 0 Å². The van der Waals surface area contributed by atoms with Crippen molar-refractivity contribution in [1.29, 1.82) is 0 Å². The van der Waals surface area contributed by atoms with E-state index < -0.39 is 24.0 Å². The summed E-state index contributed by atoms with van der Waals surface area (Å²) in [5.74, 6) is -1.39. The summed E-state index contributed by atoms with van der Waals surface area (Å²) in [4.78, 5) is 22.2. The number of amides is 1. The van der Waals surface area contributed by atoms with Gasteiger partial charge < -0.3 is 21.3 Å². The molecule has 0 fully saturated rings. The molecular formula is C10H20N2O4. The van der Waals surface area contributed by atoms with Crippen molar-refractivity contribution in [3.63, 3.8) is 0 Å². The maximum atomic E-state index is 11.5. The molecule has 0 aromatic heterocycles. The second kappa shape index (κ2) is 7.19. The maximum Gasteiger partial charge on any atom is 0.326 e. The zero-order valence-corrected chi connectivity index (χ0v) is 9.64. The van der Waals surface area contributed by atoms with Gasteiger partial charge in [-0.2, -0.15) is 0 Å². The molecule has 6 nitrogen and oxygen atoms in total. The quantitative estimate of drug-likeness (QED) is 0.464. The van der Waals surface area contributed by atoms with Crippen molar-refractivity contribution in [2.45, 2.75) is 38.8 Å². The highest BCUT2D eigenvalue weighted by atomic mass is 16.4. The van der Waals surface area contributed by atoms with Gasteiger partial charge in [0.2, 0.25) is 5.91 Å².